The molecule has 17 heavy (non-hydrogen) atoms. The summed E-state index contributed by atoms with van der Waals surface area (Å²) in [7, 11) is 0. The Bertz CT molecular complexity index is 709. The lowest BCUT2D eigenvalue weighted by molar-refractivity contribution is 0.831. The van der Waals surface area contributed by atoms with Crippen LogP contribution < -0.4 is 0 Å². The zero-order valence-electron chi connectivity index (χ0n) is 8.78. The van der Waals surface area contributed by atoms with Crippen LogP contribution in [0.2, 0.25) is 0 Å². The van der Waals surface area contributed by atoms with Crippen LogP contribution in [0.15, 0.2) is 37.1 Å². The van der Waals surface area contributed by atoms with E-state index in [0.717, 1.165) is 10.9 Å². The first-order chi connectivity index (χ1) is 8.40. The van der Waals surface area contributed by atoms with Crippen LogP contribution in [0.25, 0.3) is 16.9 Å². The third kappa shape index (κ3) is 1.43. The van der Waals surface area contributed by atoms with E-state index in [4.69, 9.17) is 6.42 Å². The fourth-order valence-corrected chi connectivity index (χ4v) is 1.62. The number of terminal acetylenes is 1. The van der Waals surface area contributed by atoms with Gasteiger partial charge in [0.15, 0.2) is 0 Å². The van der Waals surface area contributed by atoms with Crippen LogP contribution in [0.4, 0.5) is 0 Å². The molecule has 0 fully saturated rings. The minimum Gasteiger partial charge on any atom is -0.261 e. The number of hydrogen-bond donors (Lipinski definition) is 0. The molecule has 3 aromatic heterocycles. The summed E-state index contributed by atoms with van der Waals surface area (Å²) in [4.78, 5) is 12.4. The predicted octanol–water partition coefficient (Wildman–Crippen LogP) is 1.19. The Kier molecular flexibility index (Phi) is 2.06. The largest absolute Gasteiger partial charge is 0.261 e. The zero-order valence-corrected chi connectivity index (χ0v) is 8.78. The van der Waals surface area contributed by atoms with Crippen LogP contribution in [-0.2, 0) is 0 Å². The molecule has 0 aliphatic rings. The molecule has 3 rings (SSSR count). The molecule has 0 atom stereocenters. The monoisotopic (exact) mass is 221 g/mol. The molecule has 0 N–H and O–H groups in total. The maximum absolute atomic E-state index is 5.41. The summed E-state index contributed by atoms with van der Waals surface area (Å²) in [5, 5.41) is 5.10. The van der Waals surface area contributed by atoms with Crippen molar-refractivity contribution in [1.29, 1.82) is 0 Å². The zero-order chi connectivity index (χ0) is 11.7. The van der Waals surface area contributed by atoms with E-state index in [1.165, 1.54) is 0 Å². The summed E-state index contributed by atoms with van der Waals surface area (Å²) in [5.41, 5.74) is 1.51. The second-order valence-corrected chi connectivity index (χ2v) is 3.37. The summed E-state index contributed by atoms with van der Waals surface area (Å²) < 4.78 is 1.61. The maximum Gasteiger partial charge on any atom is 0.251 e. The quantitative estimate of drug-likeness (QED) is 0.579. The first-order valence-electron chi connectivity index (χ1n) is 4.96. The van der Waals surface area contributed by atoms with E-state index < -0.39 is 0 Å². The van der Waals surface area contributed by atoms with E-state index in [1.807, 2.05) is 0 Å². The van der Waals surface area contributed by atoms with Gasteiger partial charge in [-0.1, -0.05) is 5.92 Å². The Morgan fingerprint density at radius 3 is 2.71 bits per heavy atom. The highest BCUT2D eigenvalue weighted by molar-refractivity contribution is 5.84. The number of nitrogens with zero attached hydrogens (tertiary/aromatic N) is 5. The number of rotatable bonds is 1. The SMILES string of the molecule is C#Cc1cncc2c1cnn2-c1ncccn1. The summed E-state index contributed by atoms with van der Waals surface area (Å²) in [6.45, 7) is 0. The van der Waals surface area contributed by atoms with Gasteiger partial charge in [-0.05, 0) is 6.07 Å². The minimum atomic E-state index is 0.499. The predicted molar refractivity (Wildman–Crippen MR) is 62.4 cm³/mol. The second-order valence-electron chi connectivity index (χ2n) is 3.37. The Balaban J connectivity index is 2.31. The summed E-state index contributed by atoms with van der Waals surface area (Å²) in [6, 6.07) is 1.75. The Morgan fingerprint density at radius 1 is 1.12 bits per heavy atom. The molecule has 3 aromatic rings. The lowest BCUT2D eigenvalue weighted by atomic mass is 10.2. The molecule has 80 valence electrons. The van der Waals surface area contributed by atoms with E-state index >= 15 is 0 Å². The molecule has 0 amide bonds. The van der Waals surface area contributed by atoms with Crippen molar-refractivity contribution in [1.82, 2.24) is 24.7 Å². The van der Waals surface area contributed by atoms with Gasteiger partial charge in [-0.25, -0.2) is 9.97 Å². The normalized spacial score (nSPS) is 10.3. The number of hydrogen-bond acceptors (Lipinski definition) is 4. The van der Waals surface area contributed by atoms with Crippen molar-refractivity contribution in [2.75, 3.05) is 0 Å². The van der Waals surface area contributed by atoms with Crippen LogP contribution in [0.5, 0.6) is 0 Å². The topological polar surface area (TPSA) is 56.5 Å². The highest BCUT2D eigenvalue weighted by Crippen LogP contribution is 2.17. The van der Waals surface area contributed by atoms with Gasteiger partial charge < -0.3 is 0 Å². The molecule has 3 heterocycles. The van der Waals surface area contributed by atoms with Crippen molar-refractivity contribution in [3.05, 3.63) is 42.6 Å². The average Bonchev–Trinajstić information content (AvgIpc) is 2.83. The van der Waals surface area contributed by atoms with Crippen molar-refractivity contribution >= 4 is 10.9 Å². The lowest BCUT2D eigenvalue weighted by Crippen LogP contribution is -2.01. The Morgan fingerprint density at radius 2 is 1.94 bits per heavy atom. The van der Waals surface area contributed by atoms with Crippen molar-refractivity contribution in [2.45, 2.75) is 0 Å². The van der Waals surface area contributed by atoms with E-state index in [0.29, 0.717) is 11.5 Å². The highest BCUT2D eigenvalue weighted by Gasteiger charge is 2.09. The van der Waals surface area contributed by atoms with Gasteiger partial charge in [-0.3, -0.25) is 4.98 Å². The summed E-state index contributed by atoms with van der Waals surface area (Å²) in [6.07, 6.45) is 13.8. The van der Waals surface area contributed by atoms with Crippen molar-refractivity contribution in [2.24, 2.45) is 0 Å². The number of fused-ring (bicyclic) bond motifs is 1. The molecule has 5 heteroatoms. The van der Waals surface area contributed by atoms with E-state index in [1.54, 1.807) is 41.7 Å². The van der Waals surface area contributed by atoms with E-state index in [9.17, 15) is 0 Å². The van der Waals surface area contributed by atoms with Gasteiger partial charge in [0.25, 0.3) is 5.95 Å². The average molecular weight is 221 g/mol. The van der Waals surface area contributed by atoms with Gasteiger partial charge in [-0.15, -0.1) is 6.42 Å². The molecule has 0 saturated heterocycles. The van der Waals surface area contributed by atoms with Gasteiger partial charge in [0, 0.05) is 24.0 Å². The Labute approximate surface area is 97.2 Å². The molecular weight excluding hydrogens is 214 g/mol. The summed E-state index contributed by atoms with van der Waals surface area (Å²) >= 11 is 0. The Hall–Kier alpha value is -2.74. The van der Waals surface area contributed by atoms with Gasteiger partial charge >= 0.3 is 0 Å². The highest BCUT2D eigenvalue weighted by atomic mass is 15.3. The van der Waals surface area contributed by atoms with Gasteiger partial charge in [0.2, 0.25) is 0 Å². The van der Waals surface area contributed by atoms with E-state index in [-0.39, 0.29) is 0 Å². The van der Waals surface area contributed by atoms with Crippen LogP contribution in [0.1, 0.15) is 5.56 Å². The molecule has 0 aliphatic carbocycles. The smallest absolute Gasteiger partial charge is 0.251 e. The van der Waals surface area contributed by atoms with Crippen LogP contribution in [-0.4, -0.2) is 24.7 Å². The van der Waals surface area contributed by atoms with E-state index in [2.05, 4.69) is 26.0 Å². The maximum atomic E-state index is 5.41. The molecule has 0 aromatic carbocycles. The van der Waals surface area contributed by atoms with Crippen molar-refractivity contribution in [3.8, 4) is 18.3 Å². The third-order valence-corrected chi connectivity index (χ3v) is 2.39. The molecular formula is C12H7N5. The van der Waals surface area contributed by atoms with Gasteiger partial charge in [0.1, 0.15) is 0 Å². The lowest BCUT2D eigenvalue weighted by Gasteiger charge is -2.00. The first-order valence-corrected chi connectivity index (χ1v) is 4.96. The molecule has 0 bridgehead atoms. The molecule has 0 unspecified atom stereocenters. The minimum absolute atomic E-state index is 0.499. The molecule has 0 saturated carbocycles. The van der Waals surface area contributed by atoms with Crippen LogP contribution in [0.3, 0.4) is 0 Å². The standard InChI is InChI=1S/C12H7N5/c1-2-9-6-13-8-11-10(9)7-16-17(11)12-14-4-3-5-15-12/h1,3-8H. The van der Waals surface area contributed by atoms with Gasteiger partial charge in [-0.2, -0.15) is 9.78 Å². The van der Waals surface area contributed by atoms with Crippen molar-refractivity contribution < 1.29 is 0 Å². The fraction of sp³-hybridized carbons (Fsp3) is 0. The molecule has 0 spiro atoms. The summed E-state index contributed by atoms with van der Waals surface area (Å²) in [5.74, 6) is 3.08. The molecule has 0 aliphatic heterocycles. The van der Waals surface area contributed by atoms with Crippen molar-refractivity contribution in [3.63, 3.8) is 0 Å². The van der Waals surface area contributed by atoms with Gasteiger partial charge in [0.05, 0.1) is 23.5 Å². The molecule has 0 radical (unpaired) electrons. The van der Waals surface area contributed by atoms with Crippen LogP contribution in [0, 0.1) is 12.3 Å². The first kappa shape index (κ1) is 9.48. The number of pyridine rings is 1. The number of aromatic nitrogens is 5. The van der Waals surface area contributed by atoms with Crippen LogP contribution >= 0.6 is 0 Å². The second kappa shape index (κ2) is 3.68. The fourth-order valence-electron chi connectivity index (χ4n) is 1.62. The molecule has 5 nitrogen and oxygen atoms in total. The third-order valence-electron chi connectivity index (χ3n) is 2.39.